The maximum Gasteiger partial charge on any atom is 0.289 e. The number of furan rings is 1. The summed E-state index contributed by atoms with van der Waals surface area (Å²) in [6.45, 7) is -2.17. The summed E-state index contributed by atoms with van der Waals surface area (Å²) in [4.78, 5) is 24.7. The number of rotatable bonds is 7. The Morgan fingerprint density at radius 1 is 1.30 bits per heavy atom. The maximum absolute atomic E-state index is 11.8. The van der Waals surface area contributed by atoms with Crippen LogP contribution in [0.2, 0.25) is 0 Å². The van der Waals surface area contributed by atoms with Crippen molar-refractivity contribution in [1.29, 1.82) is 0 Å². The van der Waals surface area contributed by atoms with Crippen molar-refractivity contribution in [3.63, 3.8) is 0 Å². The van der Waals surface area contributed by atoms with Gasteiger partial charge in [0.25, 0.3) is 5.91 Å². The van der Waals surface area contributed by atoms with Gasteiger partial charge in [-0.05, 0) is 12.1 Å². The first kappa shape index (κ1) is 16.2. The molecule has 0 saturated carbocycles. The van der Waals surface area contributed by atoms with Crippen molar-refractivity contribution in [3.05, 3.63) is 24.2 Å². The van der Waals surface area contributed by atoms with Crippen LogP contribution in [0.15, 0.2) is 22.8 Å². The molecule has 8 heteroatoms. The molecule has 0 aliphatic carbocycles. The first-order chi connectivity index (χ1) is 9.48. The monoisotopic (exact) mass is 286 g/mol. The molecule has 0 aliphatic heterocycles. The predicted molar refractivity (Wildman–Crippen MR) is 67.8 cm³/mol. The molecule has 1 rings (SSSR count). The van der Waals surface area contributed by atoms with Gasteiger partial charge < -0.3 is 30.0 Å². The van der Waals surface area contributed by atoms with E-state index in [0.29, 0.717) is 0 Å². The summed E-state index contributed by atoms with van der Waals surface area (Å²) in [6.07, 6.45) is 1.34. The van der Waals surface area contributed by atoms with Gasteiger partial charge in [-0.25, -0.2) is 0 Å². The van der Waals surface area contributed by atoms with Crippen LogP contribution in [0.1, 0.15) is 10.6 Å². The van der Waals surface area contributed by atoms with Crippen LogP contribution in [0.3, 0.4) is 0 Å². The van der Waals surface area contributed by atoms with E-state index in [4.69, 9.17) is 19.7 Å². The van der Waals surface area contributed by atoms with Crippen molar-refractivity contribution in [1.82, 2.24) is 10.2 Å². The minimum atomic E-state index is -1.51. The molecule has 0 spiro atoms. The number of carbonyl (C=O) groups excluding carboxylic acids is 2. The second-order valence-corrected chi connectivity index (χ2v) is 4.44. The third-order valence-electron chi connectivity index (χ3n) is 2.77. The summed E-state index contributed by atoms with van der Waals surface area (Å²) in [7, 11) is 1.41. The molecule has 0 bridgehead atoms. The van der Waals surface area contributed by atoms with Gasteiger partial charge in [0.15, 0.2) is 5.76 Å². The first-order valence-corrected chi connectivity index (χ1v) is 5.90. The van der Waals surface area contributed by atoms with Crippen LogP contribution in [-0.4, -0.2) is 71.0 Å². The Morgan fingerprint density at radius 3 is 2.35 bits per heavy atom. The summed E-state index contributed by atoms with van der Waals surface area (Å²) < 4.78 is 4.92. The van der Waals surface area contributed by atoms with Crippen LogP contribution >= 0.6 is 0 Å². The SMILES string of the molecule is CN(CC(=O)NC(CO)(CO)CO)C(=O)c1ccco1. The van der Waals surface area contributed by atoms with Crippen LogP contribution in [0.25, 0.3) is 0 Å². The van der Waals surface area contributed by atoms with E-state index in [1.54, 1.807) is 6.07 Å². The van der Waals surface area contributed by atoms with Crippen molar-refractivity contribution in [2.75, 3.05) is 33.4 Å². The summed E-state index contributed by atoms with van der Waals surface area (Å²) in [5.41, 5.74) is -1.51. The zero-order valence-corrected chi connectivity index (χ0v) is 11.1. The minimum Gasteiger partial charge on any atom is -0.459 e. The molecule has 0 aromatic carbocycles. The van der Waals surface area contributed by atoms with Crippen molar-refractivity contribution in [2.45, 2.75) is 5.54 Å². The van der Waals surface area contributed by atoms with Gasteiger partial charge >= 0.3 is 0 Å². The molecule has 0 atom stereocenters. The van der Waals surface area contributed by atoms with E-state index >= 15 is 0 Å². The Morgan fingerprint density at radius 2 is 1.90 bits per heavy atom. The average molecular weight is 286 g/mol. The van der Waals surface area contributed by atoms with Crippen molar-refractivity contribution in [3.8, 4) is 0 Å². The lowest BCUT2D eigenvalue weighted by atomic mass is 10.0. The molecule has 112 valence electrons. The number of hydrogen-bond donors (Lipinski definition) is 4. The second kappa shape index (κ2) is 7.04. The van der Waals surface area contributed by atoms with E-state index in [1.807, 2.05) is 0 Å². The largest absolute Gasteiger partial charge is 0.459 e. The molecular weight excluding hydrogens is 268 g/mol. The highest BCUT2D eigenvalue weighted by Crippen LogP contribution is 2.05. The third-order valence-corrected chi connectivity index (χ3v) is 2.77. The number of aliphatic hydroxyl groups is 3. The predicted octanol–water partition coefficient (Wildman–Crippen LogP) is -1.82. The number of carbonyl (C=O) groups is 2. The van der Waals surface area contributed by atoms with Gasteiger partial charge in [0.05, 0.1) is 32.6 Å². The standard InChI is InChI=1S/C12H18N2O6/c1-14(11(19)9-3-2-4-20-9)5-10(18)13-12(6-15,7-16)8-17/h2-4,15-17H,5-8H2,1H3,(H,13,18). The van der Waals surface area contributed by atoms with Crippen LogP contribution in [-0.2, 0) is 4.79 Å². The normalized spacial score (nSPS) is 11.2. The molecule has 0 radical (unpaired) electrons. The fourth-order valence-corrected chi connectivity index (χ4v) is 1.48. The summed E-state index contributed by atoms with van der Waals surface area (Å²) in [5.74, 6) is -1.00. The lowest BCUT2D eigenvalue weighted by Crippen LogP contribution is -2.58. The van der Waals surface area contributed by atoms with Gasteiger partial charge in [0.1, 0.15) is 5.54 Å². The highest BCUT2D eigenvalue weighted by Gasteiger charge is 2.30. The Kier molecular flexibility index (Phi) is 5.68. The smallest absolute Gasteiger partial charge is 0.289 e. The molecule has 0 unspecified atom stereocenters. The van der Waals surface area contributed by atoms with Gasteiger partial charge in [-0.2, -0.15) is 0 Å². The van der Waals surface area contributed by atoms with Crippen LogP contribution in [0.5, 0.6) is 0 Å². The lowest BCUT2D eigenvalue weighted by Gasteiger charge is -2.29. The number of amides is 2. The maximum atomic E-state index is 11.8. The molecular formula is C12H18N2O6. The lowest BCUT2D eigenvalue weighted by molar-refractivity contribution is -0.125. The molecule has 4 N–H and O–H groups in total. The van der Waals surface area contributed by atoms with Crippen LogP contribution in [0, 0.1) is 0 Å². The molecule has 2 amide bonds. The molecule has 0 aliphatic rings. The highest BCUT2D eigenvalue weighted by molar-refractivity contribution is 5.94. The van der Waals surface area contributed by atoms with E-state index in [1.165, 1.54) is 19.4 Å². The van der Waals surface area contributed by atoms with E-state index in [-0.39, 0.29) is 12.3 Å². The van der Waals surface area contributed by atoms with Gasteiger partial charge in [0.2, 0.25) is 5.91 Å². The topological polar surface area (TPSA) is 123 Å². The number of aliphatic hydroxyl groups excluding tert-OH is 3. The Bertz CT molecular complexity index is 433. The first-order valence-electron chi connectivity index (χ1n) is 5.90. The molecule has 8 nitrogen and oxygen atoms in total. The summed E-state index contributed by atoms with van der Waals surface area (Å²) in [6, 6.07) is 3.02. The molecule has 0 fully saturated rings. The number of hydrogen-bond acceptors (Lipinski definition) is 6. The summed E-state index contributed by atoms with van der Waals surface area (Å²) >= 11 is 0. The Hall–Kier alpha value is -1.90. The fourth-order valence-electron chi connectivity index (χ4n) is 1.48. The van der Waals surface area contributed by atoms with E-state index in [0.717, 1.165) is 4.90 Å². The number of nitrogens with one attached hydrogen (secondary N) is 1. The number of likely N-dealkylation sites (N-methyl/N-ethyl adjacent to an activating group) is 1. The van der Waals surface area contributed by atoms with Crippen LogP contribution < -0.4 is 5.32 Å². The Balaban J connectivity index is 2.60. The van der Waals surface area contributed by atoms with Crippen molar-refractivity contribution < 1.29 is 29.3 Å². The van der Waals surface area contributed by atoms with Gasteiger partial charge in [-0.15, -0.1) is 0 Å². The van der Waals surface area contributed by atoms with Gasteiger partial charge in [-0.3, -0.25) is 9.59 Å². The molecule has 1 aromatic rings. The zero-order valence-electron chi connectivity index (χ0n) is 11.1. The number of nitrogens with zero attached hydrogens (tertiary/aromatic N) is 1. The molecule has 20 heavy (non-hydrogen) atoms. The second-order valence-electron chi connectivity index (χ2n) is 4.44. The third kappa shape index (κ3) is 3.80. The average Bonchev–Trinajstić information content (AvgIpc) is 2.98. The molecule has 0 saturated heterocycles. The molecule has 1 aromatic heterocycles. The minimum absolute atomic E-state index is 0.0954. The van der Waals surface area contributed by atoms with Crippen LogP contribution in [0.4, 0.5) is 0 Å². The van der Waals surface area contributed by atoms with Gasteiger partial charge in [0, 0.05) is 7.05 Å². The van der Waals surface area contributed by atoms with Crippen molar-refractivity contribution >= 4 is 11.8 Å². The van der Waals surface area contributed by atoms with Gasteiger partial charge in [-0.1, -0.05) is 0 Å². The quantitative estimate of drug-likeness (QED) is 0.468. The highest BCUT2D eigenvalue weighted by atomic mass is 16.3. The zero-order chi connectivity index (χ0) is 15.2. The van der Waals surface area contributed by atoms with E-state index in [9.17, 15) is 9.59 Å². The van der Waals surface area contributed by atoms with Crippen molar-refractivity contribution in [2.24, 2.45) is 0 Å². The molecule has 1 heterocycles. The van der Waals surface area contributed by atoms with E-state index < -0.39 is 37.2 Å². The Labute approximate surface area is 115 Å². The summed E-state index contributed by atoms with van der Waals surface area (Å²) in [5, 5.41) is 29.6. The van der Waals surface area contributed by atoms with E-state index in [2.05, 4.69) is 5.32 Å². The fraction of sp³-hybridized carbons (Fsp3) is 0.500.